The van der Waals surface area contributed by atoms with Crippen LogP contribution in [0.4, 0.5) is 0 Å². The fourth-order valence-electron chi connectivity index (χ4n) is 3.93. The Morgan fingerprint density at radius 2 is 1.55 bits per heavy atom. The van der Waals surface area contributed by atoms with Gasteiger partial charge in [-0.25, -0.2) is 17.9 Å². The van der Waals surface area contributed by atoms with Crippen LogP contribution in [0, 0.1) is 0 Å². The Morgan fingerprint density at radius 1 is 0.935 bits per heavy atom. The molecule has 0 atom stereocenters. The van der Waals surface area contributed by atoms with Crippen molar-refractivity contribution in [3.05, 3.63) is 69.3 Å². The molecule has 0 aliphatic heterocycles. The summed E-state index contributed by atoms with van der Waals surface area (Å²) in [6, 6.07) is 10.8. The predicted molar refractivity (Wildman–Crippen MR) is 118 cm³/mol. The Hall–Kier alpha value is -2.35. The van der Waals surface area contributed by atoms with Gasteiger partial charge < -0.3 is 5.11 Å². The quantitative estimate of drug-likeness (QED) is 0.544. The number of hydrogen-bond acceptors (Lipinski definition) is 4. The number of carbonyl (C=O) groups is 1. The fraction of sp³-hybridized carbons (Fsp3) is 0.273. The molecule has 9 heteroatoms. The highest BCUT2D eigenvalue weighted by molar-refractivity contribution is 7.91. The van der Waals surface area contributed by atoms with Crippen LogP contribution in [0.1, 0.15) is 47.3 Å². The van der Waals surface area contributed by atoms with Crippen LogP contribution < -0.4 is 0 Å². The van der Waals surface area contributed by atoms with Crippen molar-refractivity contribution in [2.45, 2.75) is 48.4 Å². The maximum absolute atomic E-state index is 13.6. The normalized spacial score (nSPS) is 14.5. The van der Waals surface area contributed by atoms with E-state index in [9.17, 15) is 13.2 Å². The first-order valence-electron chi connectivity index (χ1n) is 9.94. The summed E-state index contributed by atoms with van der Waals surface area (Å²) < 4.78 is 28.8. The molecule has 4 rings (SSSR count). The Morgan fingerprint density at radius 3 is 2.16 bits per heavy atom. The van der Waals surface area contributed by atoms with Crippen molar-refractivity contribution in [2.75, 3.05) is 0 Å². The lowest BCUT2D eigenvalue weighted by Gasteiger charge is -2.13. The molecule has 1 aliphatic rings. The summed E-state index contributed by atoms with van der Waals surface area (Å²) in [7, 11) is -4.07. The maximum atomic E-state index is 13.6. The zero-order valence-electron chi connectivity index (χ0n) is 16.5. The van der Waals surface area contributed by atoms with E-state index in [4.69, 9.17) is 28.3 Å². The van der Waals surface area contributed by atoms with E-state index in [-0.39, 0.29) is 25.5 Å². The van der Waals surface area contributed by atoms with E-state index in [0.717, 1.165) is 31.4 Å². The number of aromatic carboxylic acids is 1. The molecule has 3 aromatic rings. The first-order chi connectivity index (χ1) is 14.8. The number of nitrogens with zero attached hydrogens (tertiary/aromatic N) is 2. The number of halogens is 2. The van der Waals surface area contributed by atoms with Gasteiger partial charge in [0.2, 0.25) is 9.84 Å². The van der Waals surface area contributed by atoms with Crippen molar-refractivity contribution < 1.29 is 18.3 Å². The number of carboxylic acids is 1. The van der Waals surface area contributed by atoms with E-state index in [1.54, 1.807) is 22.9 Å². The van der Waals surface area contributed by atoms with E-state index in [2.05, 4.69) is 5.10 Å². The lowest BCUT2D eigenvalue weighted by Crippen LogP contribution is -2.08. The van der Waals surface area contributed by atoms with Crippen molar-refractivity contribution in [1.29, 1.82) is 0 Å². The maximum Gasteiger partial charge on any atom is 0.335 e. The predicted octanol–water partition coefficient (Wildman–Crippen LogP) is 5.37. The van der Waals surface area contributed by atoms with Gasteiger partial charge in [0.05, 0.1) is 21.3 Å². The van der Waals surface area contributed by atoms with E-state index in [1.807, 2.05) is 0 Å². The molecule has 2 aromatic carbocycles. The highest BCUT2D eigenvalue weighted by atomic mass is 35.5. The van der Waals surface area contributed by atoms with Crippen LogP contribution in [0.2, 0.25) is 10.0 Å². The number of aromatic nitrogens is 2. The molecular formula is C22H20Cl2N2O4S. The monoisotopic (exact) mass is 478 g/mol. The molecular weight excluding hydrogens is 459 g/mol. The third-order valence-corrected chi connectivity index (χ3v) is 8.11. The Bertz CT molecular complexity index is 1230. The van der Waals surface area contributed by atoms with Gasteiger partial charge in [-0.1, -0.05) is 42.1 Å². The summed E-state index contributed by atoms with van der Waals surface area (Å²) in [6.07, 6.45) is 5.10. The van der Waals surface area contributed by atoms with Gasteiger partial charge in [-0.15, -0.1) is 0 Å². The molecule has 31 heavy (non-hydrogen) atoms. The molecule has 1 N–H and O–H groups in total. The molecule has 0 bridgehead atoms. The summed E-state index contributed by atoms with van der Waals surface area (Å²) in [5.74, 6) is -1.03. The molecule has 162 valence electrons. The minimum atomic E-state index is -4.07. The average Bonchev–Trinajstić information content (AvgIpc) is 3.05. The highest BCUT2D eigenvalue weighted by Crippen LogP contribution is 2.37. The topological polar surface area (TPSA) is 89.3 Å². The van der Waals surface area contributed by atoms with Crippen LogP contribution in [0.3, 0.4) is 0 Å². The second-order valence-corrected chi connectivity index (χ2v) is 10.1. The molecule has 0 fully saturated rings. The molecule has 1 aliphatic carbocycles. The van der Waals surface area contributed by atoms with E-state index in [1.165, 1.54) is 24.3 Å². The second kappa shape index (κ2) is 8.65. The number of fused-ring (bicyclic) bond motifs is 1. The molecule has 1 heterocycles. The van der Waals surface area contributed by atoms with Crippen LogP contribution in [0.5, 0.6) is 0 Å². The zero-order chi connectivity index (χ0) is 22.2. The smallest absolute Gasteiger partial charge is 0.335 e. The number of carboxylic acid groups (broad SMARTS) is 1. The molecule has 0 saturated heterocycles. The molecule has 1 aromatic heterocycles. The van der Waals surface area contributed by atoms with Crippen LogP contribution in [-0.2, 0) is 22.7 Å². The van der Waals surface area contributed by atoms with Gasteiger partial charge >= 0.3 is 5.97 Å². The fourth-order valence-corrected chi connectivity index (χ4v) is 6.51. The van der Waals surface area contributed by atoms with Gasteiger partial charge in [-0.05, 0) is 62.1 Å². The lowest BCUT2D eigenvalue weighted by molar-refractivity contribution is 0.0697. The first kappa shape index (κ1) is 21.9. The SMILES string of the molecule is O=C(O)c1ccc(-n2nc(S(=O)(=O)c3c(Cl)cccc3Cl)c3c2CCCCCC3)cc1. The third-order valence-electron chi connectivity index (χ3n) is 5.44. The van der Waals surface area contributed by atoms with Crippen molar-refractivity contribution in [3.8, 4) is 5.69 Å². The number of hydrogen-bond donors (Lipinski definition) is 1. The Balaban J connectivity index is 1.93. The molecule has 0 saturated carbocycles. The van der Waals surface area contributed by atoms with E-state index < -0.39 is 15.8 Å². The van der Waals surface area contributed by atoms with Gasteiger partial charge in [0.15, 0.2) is 5.03 Å². The van der Waals surface area contributed by atoms with Crippen LogP contribution in [-0.4, -0.2) is 29.3 Å². The van der Waals surface area contributed by atoms with E-state index in [0.29, 0.717) is 24.1 Å². The van der Waals surface area contributed by atoms with Crippen LogP contribution >= 0.6 is 23.2 Å². The van der Waals surface area contributed by atoms with Crippen LogP contribution in [0.15, 0.2) is 52.4 Å². The second-order valence-electron chi connectivity index (χ2n) is 7.46. The standard InChI is InChI=1S/C22H20Cl2N2O4S/c23-17-7-5-8-18(24)20(17)31(29,30)21-16-6-3-1-2-4-9-19(16)26(25-21)15-12-10-14(11-13-15)22(27)28/h5,7-8,10-13H,1-4,6,9H2,(H,27,28). The Labute approximate surface area is 190 Å². The van der Waals surface area contributed by atoms with Gasteiger partial charge in [0, 0.05) is 11.3 Å². The lowest BCUT2D eigenvalue weighted by atomic mass is 9.99. The van der Waals surface area contributed by atoms with Gasteiger partial charge in [0.25, 0.3) is 0 Å². The summed E-state index contributed by atoms with van der Waals surface area (Å²) in [5, 5.41) is 13.7. The summed E-state index contributed by atoms with van der Waals surface area (Å²) in [5.41, 5.74) is 2.26. The number of rotatable bonds is 4. The van der Waals surface area contributed by atoms with Gasteiger partial charge in [0.1, 0.15) is 4.90 Å². The summed E-state index contributed by atoms with van der Waals surface area (Å²) in [4.78, 5) is 11.1. The molecule has 0 radical (unpaired) electrons. The number of benzene rings is 2. The first-order valence-corrected chi connectivity index (χ1v) is 12.2. The largest absolute Gasteiger partial charge is 0.478 e. The van der Waals surface area contributed by atoms with Gasteiger partial charge in [-0.2, -0.15) is 5.10 Å². The third kappa shape index (κ3) is 4.10. The van der Waals surface area contributed by atoms with Crippen molar-refractivity contribution in [2.24, 2.45) is 0 Å². The summed E-state index contributed by atoms with van der Waals surface area (Å²) >= 11 is 12.4. The number of sulfone groups is 1. The molecule has 6 nitrogen and oxygen atoms in total. The Kier molecular flexibility index (Phi) is 6.10. The molecule has 0 unspecified atom stereocenters. The van der Waals surface area contributed by atoms with Crippen molar-refractivity contribution in [1.82, 2.24) is 9.78 Å². The molecule has 0 amide bonds. The highest BCUT2D eigenvalue weighted by Gasteiger charge is 2.32. The summed E-state index contributed by atoms with van der Waals surface area (Å²) in [6.45, 7) is 0. The average molecular weight is 479 g/mol. The minimum absolute atomic E-state index is 0.0401. The minimum Gasteiger partial charge on any atom is -0.478 e. The zero-order valence-corrected chi connectivity index (χ0v) is 18.8. The van der Waals surface area contributed by atoms with Crippen molar-refractivity contribution >= 4 is 39.0 Å². The van der Waals surface area contributed by atoms with Crippen LogP contribution in [0.25, 0.3) is 5.69 Å². The van der Waals surface area contributed by atoms with Crippen molar-refractivity contribution in [3.63, 3.8) is 0 Å². The molecule has 0 spiro atoms. The van der Waals surface area contributed by atoms with Gasteiger partial charge in [-0.3, -0.25) is 0 Å². The van der Waals surface area contributed by atoms with E-state index >= 15 is 0 Å².